The molecule has 0 saturated heterocycles. The number of hydrogen-bond acceptors (Lipinski definition) is 3. The molecule has 3 aromatic rings. The summed E-state index contributed by atoms with van der Waals surface area (Å²) in [6.07, 6.45) is -2.61. The third-order valence-electron chi connectivity index (χ3n) is 5.92. The van der Waals surface area contributed by atoms with Crippen molar-refractivity contribution in [1.29, 1.82) is 0 Å². The molecule has 1 unspecified atom stereocenters. The molecule has 1 aromatic carbocycles. The number of carbonyl (C=O) groups is 1. The Kier molecular flexibility index (Phi) is 7.89. The fourth-order valence-corrected chi connectivity index (χ4v) is 4.08. The number of aromatic nitrogens is 1. The van der Waals surface area contributed by atoms with Crippen molar-refractivity contribution in [3.8, 4) is 0 Å². The van der Waals surface area contributed by atoms with E-state index in [0.717, 1.165) is 44.6 Å². The highest BCUT2D eigenvalue weighted by Crippen LogP contribution is 2.30. The minimum absolute atomic E-state index is 0.0296. The van der Waals surface area contributed by atoms with Crippen LogP contribution >= 0.6 is 0 Å². The molecule has 0 bridgehead atoms. The topological polar surface area (TPSA) is 50.4 Å². The molecule has 0 radical (unpaired) electrons. The lowest BCUT2D eigenvalue weighted by Crippen LogP contribution is -2.35. The number of nitrogens with one attached hydrogen (secondary N) is 1. The van der Waals surface area contributed by atoms with Gasteiger partial charge >= 0.3 is 6.18 Å². The lowest BCUT2D eigenvalue weighted by Gasteiger charge is -2.20. The lowest BCUT2D eigenvalue weighted by molar-refractivity contribution is -0.137. The molecule has 3 rings (SSSR count). The van der Waals surface area contributed by atoms with Crippen LogP contribution in [0.25, 0.3) is 11.1 Å². The van der Waals surface area contributed by atoms with Crippen LogP contribution in [0.2, 0.25) is 0 Å². The number of hydrogen-bond donors (Lipinski definition) is 1. The van der Waals surface area contributed by atoms with E-state index >= 15 is 0 Å². The van der Waals surface area contributed by atoms with Gasteiger partial charge in [0, 0.05) is 24.7 Å². The van der Waals surface area contributed by atoms with Crippen molar-refractivity contribution in [2.24, 2.45) is 0 Å². The first-order valence-corrected chi connectivity index (χ1v) is 11.4. The molecule has 2 heterocycles. The average molecular weight is 464 g/mol. The molecule has 33 heavy (non-hydrogen) atoms. The molecule has 0 saturated carbocycles. The van der Waals surface area contributed by atoms with Gasteiger partial charge in [0.2, 0.25) is 0 Å². The fraction of sp³-hybridized carbons (Fsp3) is 0.480. The number of furan rings is 1. The van der Waals surface area contributed by atoms with Gasteiger partial charge in [0.1, 0.15) is 11.5 Å². The van der Waals surface area contributed by atoms with Gasteiger partial charge < -0.3 is 19.2 Å². The smallest absolute Gasteiger partial charge is 0.416 e. The summed E-state index contributed by atoms with van der Waals surface area (Å²) in [6.45, 7) is 11.1. The quantitative estimate of drug-likeness (QED) is 0.410. The van der Waals surface area contributed by atoms with Gasteiger partial charge in [0.25, 0.3) is 5.91 Å². The van der Waals surface area contributed by atoms with Gasteiger partial charge in [-0.1, -0.05) is 26.0 Å². The van der Waals surface area contributed by atoms with E-state index in [9.17, 15) is 18.0 Å². The van der Waals surface area contributed by atoms with E-state index in [1.165, 1.54) is 6.07 Å². The Labute approximate surface area is 192 Å². The summed E-state index contributed by atoms with van der Waals surface area (Å²) >= 11 is 0. The lowest BCUT2D eigenvalue weighted by atomic mass is 10.1. The molecular formula is C25H32F3N3O2. The Morgan fingerprint density at radius 1 is 1.18 bits per heavy atom. The normalized spacial score (nSPS) is 13.1. The summed E-state index contributed by atoms with van der Waals surface area (Å²) in [7, 11) is 0. The minimum Gasteiger partial charge on any atom is -0.460 e. The predicted molar refractivity (Wildman–Crippen MR) is 123 cm³/mol. The molecule has 0 fully saturated rings. The Bertz CT molecular complexity index is 1080. The van der Waals surface area contributed by atoms with E-state index in [4.69, 9.17) is 4.42 Å². The van der Waals surface area contributed by atoms with Gasteiger partial charge in [0.05, 0.1) is 11.1 Å². The number of carbonyl (C=O) groups excluding carboxylic acids is 1. The highest BCUT2D eigenvalue weighted by atomic mass is 19.4. The predicted octanol–water partition coefficient (Wildman–Crippen LogP) is 5.85. The Hall–Kier alpha value is -2.74. The van der Waals surface area contributed by atoms with Crippen LogP contribution in [0.15, 0.2) is 40.8 Å². The first-order chi connectivity index (χ1) is 15.6. The van der Waals surface area contributed by atoms with Crippen LogP contribution in [-0.2, 0) is 12.7 Å². The molecule has 180 valence electrons. The third kappa shape index (κ3) is 6.19. The van der Waals surface area contributed by atoms with Crippen LogP contribution in [0.5, 0.6) is 0 Å². The number of fused-ring (bicyclic) bond motifs is 1. The molecule has 1 N–H and O–H groups in total. The third-order valence-corrected chi connectivity index (χ3v) is 5.92. The van der Waals surface area contributed by atoms with E-state index in [-0.39, 0.29) is 18.5 Å². The van der Waals surface area contributed by atoms with Crippen LogP contribution in [-0.4, -0.2) is 41.1 Å². The molecule has 5 nitrogen and oxygen atoms in total. The van der Waals surface area contributed by atoms with Crippen molar-refractivity contribution in [2.75, 3.05) is 19.6 Å². The van der Waals surface area contributed by atoms with Gasteiger partial charge in [-0.25, -0.2) is 0 Å². The zero-order valence-electron chi connectivity index (χ0n) is 19.6. The van der Waals surface area contributed by atoms with Crippen LogP contribution in [0, 0.1) is 6.92 Å². The van der Waals surface area contributed by atoms with Crippen LogP contribution in [0.1, 0.15) is 61.0 Å². The summed E-state index contributed by atoms with van der Waals surface area (Å²) in [5.74, 6) is 0.413. The summed E-state index contributed by atoms with van der Waals surface area (Å²) < 4.78 is 46.9. The summed E-state index contributed by atoms with van der Waals surface area (Å²) in [5, 5.41) is 3.03. The number of amides is 1. The monoisotopic (exact) mass is 463 g/mol. The molecule has 1 atom stereocenters. The zero-order valence-corrected chi connectivity index (χ0v) is 19.6. The first-order valence-electron chi connectivity index (χ1n) is 11.4. The molecule has 2 aromatic heterocycles. The number of aryl methyl sites for hydroxylation is 1. The molecule has 1 amide bonds. The summed E-state index contributed by atoms with van der Waals surface area (Å²) in [5.41, 5.74) is 1.35. The van der Waals surface area contributed by atoms with Crippen molar-refractivity contribution in [3.05, 3.63) is 59.0 Å². The zero-order chi connectivity index (χ0) is 24.2. The summed E-state index contributed by atoms with van der Waals surface area (Å²) in [4.78, 5) is 15.4. The van der Waals surface area contributed by atoms with E-state index < -0.39 is 11.7 Å². The maximum Gasteiger partial charge on any atom is 0.416 e. The van der Waals surface area contributed by atoms with Gasteiger partial charge in [0.15, 0.2) is 5.58 Å². The highest BCUT2D eigenvalue weighted by molar-refractivity contribution is 5.97. The molecule has 8 heteroatoms. The van der Waals surface area contributed by atoms with Gasteiger partial charge in [-0.05, 0) is 64.0 Å². The second-order valence-corrected chi connectivity index (χ2v) is 8.46. The summed E-state index contributed by atoms with van der Waals surface area (Å²) in [6, 6.07) is 8.61. The van der Waals surface area contributed by atoms with Gasteiger partial charge in [-0.3, -0.25) is 4.79 Å². The maximum absolute atomic E-state index is 13.2. The van der Waals surface area contributed by atoms with E-state index in [0.29, 0.717) is 28.1 Å². The van der Waals surface area contributed by atoms with Crippen molar-refractivity contribution in [1.82, 2.24) is 14.8 Å². The average Bonchev–Trinajstić information content (AvgIpc) is 3.27. The van der Waals surface area contributed by atoms with Crippen molar-refractivity contribution in [3.63, 3.8) is 0 Å². The number of alkyl halides is 3. The van der Waals surface area contributed by atoms with E-state index in [2.05, 4.69) is 24.1 Å². The SMILES string of the molecule is CCN(CC)CCCC(C)NC(=O)c1cc2oc(C)cc2n1Cc1cccc(C(F)(F)F)c1. The molecule has 0 aliphatic heterocycles. The minimum atomic E-state index is -4.42. The largest absolute Gasteiger partial charge is 0.460 e. The first kappa shape index (κ1) is 24.9. The van der Waals surface area contributed by atoms with Gasteiger partial charge in [-0.15, -0.1) is 0 Å². The Balaban J connectivity index is 1.79. The fourth-order valence-electron chi connectivity index (χ4n) is 4.08. The van der Waals surface area contributed by atoms with Crippen molar-refractivity contribution >= 4 is 17.0 Å². The standard InChI is InChI=1S/C25H32F3N3O2/c1-5-30(6-2)12-8-9-17(3)29-24(32)22-15-23-21(13-18(4)33-23)31(22)16-19-10-7-11-20(14-19)25(26,27)28/h7,10-11,13-15,17H,5-6,8-9,12,16H2,1-4H3,(H,29,32). The molecule has 0 spiro atoms. The second-order valence-electron chi connectivity index (χ2n) is 8.46. The van der Waals surface area contributed by atoms with E-state index in [1.54, 1.807) is 29.7 Å². The molecule has 0 aliphatic rings. The van der Waals surface area contributed by atoms with Crippen LogP contribution < -0.4 is 5.32 Å². The van der Waals surface area contributed by atoms with Crippen molar-refractivity contribution in [2.45, 2.75) is 59.3 Å². The van der Waals surface area contributed by atoms with E-state index in [1.807, 2.05) is 6.92 Å². The number of nitrogens with zero attached hydrogens (tertiary/aromatic N) is 2. The van der Waals surface area contributed by atoms with Crippen LogP contribution in [0.3, 0.4) is 0 Å². The molecule has 0 aliphatic carbocycles. The number of rotatable bonds is 10. The number of halogens is 3. The Morgan fingerprint density at radius 2 is 1.91 bits per heavy atom. The van der Waals surface area contributed by atoms with Crippen molar-refractivity contribution < 1.29 is 22.4 Å². The number of benzene rings is 1. The molecular weight excluding hydrogens is 431 g/mol. The Morgan fingerprint density at radius 3 is 2.58 bits per heavy atom. The second kappa shape index (κ2) is 10.5. The van der Waals surface area contributed by atoms with Gasteiger partial charge in [-0.2, -0.15) is 13.2 Å². The van der Waals surface area contributed by atoms with Crippen LogP contribution in [0.4, 0.5) is 13.2 Å². The maximum atomic E-state index is 13.2. The highest BCUT2D eigenvalue weighted by Gasteiger charge is 2.30.